The van der Waals surface area contributed by atoms with Crippen molar-refractivity contribution in [2.24, 2.45) is 5.92 Å². The van der Waals surface area contributed by atoms with E-state index in [9.17, 15) is 4.79 Å². The van der Waals surface area contributed by atoms with Crippen LogP contribution in [-0.4, -0.2) is 17.7 Å². The van der Waals surface area contributed by atoms with Gasteiger partial charge in [0.2, 0.25) is 5.91 Å². The van der Waals surface area contributed by atoms with E-state index in [1.807, 2.05) is 30.3 Å². The topological polar surface area (TPSA) is 29.1 Å². The smallest absolute Gasteiger partial charge is 0.233 e. The summed E-state index contributed by atoms with van der Waals surface area (Å²) < 4.78 is 0. The predicted molar refractivity (Wildman–Crippen MR) is 82.4 cm³/mol. The predicted octanol–water partition coefficient (Wildman–Crippen LogP) is 3.00. The molecule has 0 aliphatic heterocycles. The number of nitrogens with one attached hydrogen (secondary N) is 1. The third-order valence-electron chi connectivity index (χ3n) is 3.52. The molecule has 0 aromatic heterocycles. The molecule has 0 fully saturated rings. The molecule has 0 saturated heterocycles. The van der Waals surface area contributed by atoms with Crippen molar-refractivity contribution in [1.82, 2.24) is 5.32 Å². The molecule has 2 unspecified atom stereocenters. The van der Waals surface area contributed by atoms with Crippen molar-refractivity contribution in [3.05, 3.63) is 48.0 Å². The van der Waals surface area contributed by atoms with Crippen LogP contribution in [0.1, 0.15) is 24.8 Å². The number of carbonyl (C=O) groups excluding carboxylic acids is 1. The number of amides is 1. The van der Waals surface area contributed by atoms with Crippen LogP contribution >= 0.6 is 12.6 Å². The minimum absolute atomic E-state index is 0.0433. The van der Waals surface area contributed by atoms with Crippen LogP contribution in [0.15, 0.2) is 42.5 Å². The Labute approximate surface area is 120 Å². The Kier molecular flexibility index (Phi) is 5.52. The highest BCUT2D eigenvalue weighted by atomic mass is 32.1. The fraction of sp³-hybridized carbons (Fsp3) is 0.438. The SMILES string of the molecule is O=C(NCC1CC=CCC1)C(S)Cc1ccccc1. The first kappa shape index (κ1) is 14.2. The van der Waals surface area contributed by atoms with E-state index in [0.29, 0.717) is 12.3 Å². The fourth-order valence-corrected chi connectivity index (χ4v) is 2.64. The van der Waals surface area contributed by atoms with Crippen LogP contribution in [0, 0.1) is 5.92 Å². The summed E-state index contributed by atoms with van der Waals surface area (Å²) in [5, 5.41) is 2.76. The van der Waals surface area contributed by atoms with E-state index >= 15 is 0 Å². The molecule has 3 heteroatoms. The largest absolute Gasteiger partial charge is 0.355 e. The second-order valence-electron chi connectivity index (χ2n) is 5.10. The van der Waals surface area contributed by atoms with Gasteiger partial charge >= 0.3 is 0 Å². The van der Waals surface area contributed by atoms with Crippen molar-refractivity contribution >= 4 is 18.5 Å². The van der Waals surface area contributed by atoms with E-state index in [1.165, 1.54) is 6.42 Å². The number of hydrogen-bond donors (Lipinski definition) is 2. The maximum atomic E-state index is 12.0. The summed E-state index contributed by atoms with van der Waals surface area (Å²) in [6.45, 7) is 0.773. The summed E-state index contributed by atoms with van der Waals surface area (Å²) in [5.74, 6) is 0.632. The lowest BCUT2D eigenvalue weighted by atomic mass is 9.94. The van der Waals surface area contributed by atoms with Gasteiger partial charge in [-0.15, -0.1) is 0 Å². The Bertz CT molecular complexity index is 430. The van der Waals surface area contributed by atoms with Crippen molar-refractivity contribution < 1.29 is 4.79 Å². The van der Waals surface area contributed by atoms with Crippen LogP contribution in [0.4, 0.5) is 0 Å². The zero-order chi connectivity index (χ0) is 13.5. The number of benzene rings is 1. The maximum Gasteiger partial charge on any atom is 0.233 e. The van der Waals surface area contributed by atoms with E-state index in [-0.39, 0.29) is 11.2 Å². The Morgan fingerprint density at radius 1 is 1.32 bits per heavy atom. The number of rotatable bonds is 5. The third-order valence-corrected chi connectivity index (χ3v) is 3.93. The molecular weight excluding hydrogens is 254 g/mol. The molecule has 2 rings (SSSR count). The summed E-state index contributed by atoms with van der Waals surface area (Å²) in [6, 6.07) is 10.0. The second-order valence-corrected chi connectivity index (χ2v) is 5.72. The molecule has 0 bridgehead atoms. The van der Waals surface area contributed by atoms with Gasteiger partial charge < -0.3 is 5.32 Å². The molecular formula is C16H21NOS. The Balaban J connectivity index is 1.74. The monoisotopic (exact) mass is 275 g/mol. The van der Waals surface area contributed by atoms with Crippen LogP contribution in [-0.2, 0) is 11.2 Å². The van der Waals surface area contributed by atoms with E-state index in [2.05, 4.69) is 30.1 Å². The fourth-order valence-electron chi connectivity index (χ4n) is 2.33. The van der Waals surface area contributed by atoms with Crippen molar-refractivity contribution in [2.75, 3.05) is 6.54 Å². The highest BCUT2D eigenvalue weighted by molar-refractivity contribution is 7.81. The van der Waals surface area contributed by atoms with Crippen molar-refractivity contribution in [3.63, 3.8) is 0 Å². The van der Waals surface area contributed by atoms with Gasteiger partial charge in [-0.1, -0.05) is 42.5 Å². The molecule has 102 valence electrons. The highest BCUT2D eigenvalue weighted by Gasteiger charge is 2.16. The van der Waals surface area contributed by atoms with Gasteiger partial charge in [0.15, 0.2) is 0 Å². The van der Waals surface area contributed by atoms with Crippen molar-refractivity contribution in [3.8, 4) is 0 Å². The molecule has 1 aromatic rings. The zero-order valence-corrected chi connectivity index (χ0v) is 12.0. The second kappa shape index (κ2) is 7.39. The maximum absolute atomic E-state index is 12.0. The first-order valence-electron chi connectivity index (χ1n) is 6.90. The standard InChI is InChI=1S/C16H21NOS/c18-16(17-12-14-9-5-2-6-10-14)15(19)11-13-7-3-1-4-8-13/h1-5,7-8,14-15,19H,6,9-12H2,(H,17,18). The summed E-state index contributed by atoms with van der Waals surface area (Å²) in [6.07, 6.45) is 8.50. The molecule has 2 atom stereocenters. The van der Waals surface area contributed by atoms with E-state index in [0.717, 1.165) is 24.9 Å². The van der Waals surface area contributed by atoms with Crippen LogP contribution in [0.3, 0.4) is 0 Å². The van der Waals surface area contributed by atoms with Crippen LogP contribution in [0.2, 0.25) is 0 Å². The molecule has 0 heterocycles. The quantitative estimate of drug-likeness (QED) is 0.628. The Hall–Kier alpha value is -1.22. The molecule has 1 aliphatic rings. The first-order valence-corrected chi connectivity index (χ1v) is 7.42. The van der Waals surface area contributed by atoms with Crippen LogP contribution < -0.4 is 5.32 Å². The minimum atomic E-state index is -0.262. The Morgan fingerprint density at radius 2 is 2.11 bits per heavy atom. The average molecular weight is 275 g/mol. The lowest BCUT2D eigenvalue weighted by Crippen LogP contribution is -2.36. The van der Waals surface area contributed by atoms with Gasteiger partial charge in [-0.2, -0.15) is 12.6 Å². The lowest BCUT2D eigenvalue weighted by Gasteiger charge is -2.19. The van der Waals surface area contributed by atoms with E-state index in [4.69, 9.17) is 0 Å². The Morgan fingerprint density at radius 3 is 2.79 bits per heavy atom. The van der Waals surface area contributed by atoms with E-state index < -0.39 is 0 Å². The van der Waals surface area contributed by atoms with Gasteiger partial charge in [-0.3, -0.25) is 4.79 Å². The summed E-state index contributed by atoms with van der Waals surface area (Å²) in [7, 11) is 0. The highest BCUT2D eigenvalue weighted by Crippen LogP contribution is 2.17. The normalized spacial score (nSPS) is 19.9. The van der Waals surface area contributed by atoms with Gasteiger partial charge in [-0.05, 0) is 37.2 Å². The molecule has 1 aliphatic carbocycles. The van der Waals surface area contributed by atoms with Crippen LogP contribution in [0.5, 0.6) is 0 Å². The first-order chi connectivity index (χ1) is 9.25. The zero-order valence-electron chi connectivity index (χ0n) is 11.1. The lowest BCUT2D eigenvalue weighted by molar-refractivity contribution is -0.120. The van der Waals surface area contributed by atoms with Gasteiger partial charge in [0, 0.05) is 6.54 Å². The summed E-state index contributed by atoms with van der Waals surface area (Å²) in [4.78, 5) is 12.0. The molecule has 1 aromatic carbocycles. The van der Waals surface area contributed by atoms with E-state index in [1.54, 1.807) is 0 Å². The summed E-state index contributed by atoms with van der Waals surface area (Å²) in [5.41, 5.74) is 1.15. The summed E-state index contributed by atoms with van der Waals surface area (Å²) >= 11 is 4.41. The number of allylic oxidation sites excluding steroid dienone is 2. The number of hydrogen-bond acceptors (Lipinski definition) is 2. The number of carbonyl (C=O) groups is 1. The van der Waals surface area contributed by atoms with Gasteiger partial charge in [0.05, 0.1) is 5.25 Å². The molecule has 2 nitrogen and oxygen atoms in total. The van der Waals surface area contributed by atoms with Gasteiger partial charge in [0.1, 0.15) is 0 Å². The molecule has 19 heavy (non-hydrogen) atoms. The third kappa shape index (κ3) is 4.75. The molecule has 0 spiro atoms. The molecule has 0 saturated carbocycles. The molecule has 1 amide bonds. The molecule has 1 N–H and O–H groups in total. The average Bonchev–Trinajstić information content (AvgIpc) is 2.47. The van der Waals surface area contributed by atoms with Gasteiger partial charge in [0.25, 0.3) is 0 Å². The minimum Gasteiger partial charge on any atom is -0.355 e. The van der Waals surface area contributed by atoms with Crippen molar-refractivity contribution in [2.45, 2.75) is 30.9 Å². The van der Waals surface area contributed by atoms with Crippen LogP contribution in [0.25, 0.3) is 0 Å². The molecule has 0 radical (unpaired) electrons. The van der Waals surface area contributed by atoms with Gasteiger partial charge in [-0.25, -0.2) is 0 Å². The van der Waals surface area contributed by atoms with Crippen molar-refractivity contribution in [1.29, 1.82) is 0 Å². The number of thiol groups is 1.